The van der Waals surface area contributed by atoms with Crippen molar-refractivity contribution in [2.24, 2.45) is 0 Å². The molecule has 0 amide bonds. The molecule has 0 bridgehead atoms. The summed E-state index contributed by atoms with van der Waals surface area (Å²) in [5, 5.41) is 4.59. The van der Waals surface area contributed by atoms with Crippen molar-refractivity contribution in [1.29, 1.82) is 0 Å². The van der Waals surface area contributed by atoms with Crippen LogP contribution in [0.15, 0.2) is 36.4 Å². The van der Waals surface area contributed by atoms with Gasteiger partial charge >= 0.3 is 0 Å². The van der Waals surface area contributed by atoms with Crippen LogP contribution in [-0.4, -0.2) is 13.2 Å². The summed E-state index contributed by atoms with van der Waals surface area (Å²) in [5.74, 6) is 1.50. The Morgan fingerprint density at radius 1 is 0.786 bits per heavy atom. The minimum atomic E-state index is 0.409. The van der Waals surface area contributed by atoms with Crippen LogP contribution in [0.4, 0.5) is 0 Å². The highest BCUT2D eigenvalue weighted by Crippen LogP contribution is 2.30. The fourth-order valence-electron chi connectivity index (χ4n) is 2.93. The number of halogens is 2. The second-order valence-corrected chi connectivity index (χ2v) is 7.66. The van der Waals surface area contributed by atoms with E-state index < -0.39 is 0 Å². The van der Waals surface area contributed by atoms with Crippen LogP contribution >= 0.6 is 23.2 Å². The average Bonchev–Trinajstić information content (AvgIpc) is 2.69. The van der Waals surface area contributed by atoms with Gasteiger partial charge in [0.1, 0.15) is 6.61 Å². The first-order valence-electron chi connectivity index (χ1n) is 10.2. The SMILES string of the molecule is CCCCCCCNCc1ccc(OCc2ccc(Cl)c(Cl)c2)c(OCC)c1. The van der Waals surface area contributed by atoms with Gasteiger partial charge in [0.25, 0.3) is 0 Å². The van der Waals surface area contributed by atoms with Gasteiger partial charge in [0.15, 0.2) is 11.5 Å². The van der Waals surface area contributed by atoms with Crippen molar-refractivity contribution in [2.45, 2.75) is 59.1 Å². The Bertz CT molecular complexity index is 722. The van der Waals surface area contributed by atoms with E-state index in [4.69, 9.17) is 32.7 Å². The lowest BCUT2D eigenvalue weighted by molar-refractivity contribution is 0.269. The van der Waals surface area contributed by atoms with E-state index in [0.29, 0.717) is 23.3 Å². The van der Waals surface area contributed by atoms with E-state index in [0.717, 1.165) is 30.2 Å². The normalized spacial score (nSPS) is 10.9. The molecule has 0 aliphatic rings. The van der Waals surface area contributed by atoms with E-state index in [9.17, 15) is 0 Å². The third kappa shape index (κ3) is 7.90. The number of rotatable bonds is 13. The Morgan fingerprint density at radius 3 is 2.32 bits per heavy atom. The first-order valence-corrected chi connectivity index (χ1v) is 10.9. The molecule has 0 spiro atoms. The molecule has 0 unspecified atom stereocenters. The third-order valence-electron chi connectivity index (χ3n) is 4.47. The molecule has 3 nitrogen and oxygen atoms in total. The standard InChI is InChI=1S/C23H31Cl2NO2/c1-3-5-6-7-8-13-26-16-18-10-12-22(23(15-18)27-4-2)28-17-19-9-11-20(24)21(25)14-19/h9-12,14-15,26H,3-8,13,16-17H2,1-2H3. The highest BCUT2D eigenvalue weighted by molar-refractivity contribution is 6.42. The van der Waals surface area contributed by atoms with Gasteiger partial charge in [-0.25, -0.2) is 0 Å². The lowest BCUT2D eigenvalue weighted by atomic mass is 10.1. The Labute approximate surface area is 179 Å². The molecule has 0 heterocycles. The molecule has 0 aromatic heterocycles. The van der Waals surface area contributed by atoms with Gasteiger partial charge in [-0.15, -0.1) is 0 Å². The smallest absolute Gasteiger partial charge is 0.161 e. The predicted molar refractivity (Wildman–Crippen MR) is 119 cm³/mol. The van der Waals surface area contributed by atoms with Gasteiger partial charge in [-0.05, 0) is 55.3 Å². The molecule has 0 aliphatic carbocycles. The van der Waals surface area contributed by atoms with Gasteiger partial charge in [-0.2, -0.15) is 0 Å². The van der Waals surface area contributed by atoms with Crippen LogP contribution in [-0.2, 0) is 13.2 Å². The molecule has 1 N–H and O–H groups in total. The Kier molecular flexibility index (Phi) is 10.6. The van der Waals surface area contributed by atoms with Gasteiger partial charge in [-0.1, -0.05) is 67.9 Å². The zero-order chi connectivity index (χ0) is 20.2. The summed E-state index contributed by atoms with van der Waals surface area (Å²) < 4.78 is 11.7. The molecule has 154 valence electrons. The lowest BCUT2D eigenvalue weighted by Gasteiger charge is -2.14. The first kappa shape index (κ1) is 22.9. The van der Waals surface area contributed by atoms with Crippen LogP contribution in [0.5, 0.6) is 11.5 Å². The van der Waals surface area contributed by atoms with E-state index in [2.05, 4.69) is 24.4 Å². The van der Waals surface area contributed by atoms with Crippen molar-refractivity contribution in [1.82, 2.24) is 5.32 Å². The summed E-state index contributed by atoms with van der Waals surface area (Å²) in [6.45, 7) is 7.10. The maximum absolute atomic E-state index is 6.07. The molecule has 2 aromatic carbocycles. The molecule has 5 heteroatoms. The quantitative estimate of drug-likeness (QED) is 0.350. The average molecular weight is 424 g/mol. The maximum atomic E-state index is 6.07. The zero-order valence-corrected chi connectivity index (χ0v) is 18.4. The van der Waals surface area contributed by atoms with Crippen molar-refractivity contribution in [3.8, 4) is 11.5 Å². The van der Waals surface area contributed by atoms with Crippen LogP contribution in [0.3, 0.4) is 0 Å². The molecule has 0 aliphatic heterocycles. The highest BCUT2D eigenvalue weighted by Gasteiger charge is 2.08. The minimum absolute atomic E-state index is 0.409. The summed E-state index contributed by atoms with van der Waals surface area (Å²) in [6.07, 6.45) is 6.47. The van der Waals surface area contributed by atoms with Crippen molar-refractivity contribution < 1.29 is 9.47 Å². The molecule has 0 saturated heterocycles. The van der Waals surface area contributed by atoms with Gasteiger partial charge < -0.3 is 14.8 Å². The monoisotopic (exact) mass is 423 g/mol. The molecule has 0 fully saturated rings. The van der Waals surface area contributed by atoms with Crippen molar-refractivity contribution >= 4 is 23.2 Å². The molecule has 28 heavy (non-hydrogen) atoms. The summed E-state index contributed by atoms with van der Waals surface area (Å²) in [5.41, 5.74) is 2.16. The largest absolute Gasteiger partial charge is 0.490 e. The van der Waals surface area contributed by atoms with Gasteiger partial charge in [0.2, 0.25) is 0 Å². The zero-order valence-electron chi connectivity index (χ0n) is 16.9. The van der Waals surface area contributed by atoms with Crippen LogP contribution in [0.1, 0.15) is 57.1 Å². The Hall–Kier alpha value is -1.42. The van der Waals surface area contributed by atoms with E-state index in [1.165, 1.54) is 37.7 Å². The van der Waals surface area contributed by atoms with Crippen LogP contribution in [0.25, 0.3) is 0 Å². The number of unbranched alkanes of at least 4 members (excludes halogenated alkanes) is 4. The van der Waals surface area contributed by atoms with Gasteiger partial charge in [0, 0.05) is 6.54 Å². The van der Waals surface area contributed by atoms with Crippen LogP contribution in [0, 0.1) is 0 Å². The minimum Gasteiger partial charge on any atom is -0.490 e. The van der Waals surface area contributed by atoms with Crippen molar-refractivity contribution in [3.05, 3.63) is 57.6 Å². The summed E-state index contributed by atoms with van der Waals surface area (Å²) >= 11 is 12.0. The van der Waals surface area contributed by atoms with Gasteiger partial charge in [0.05, 0.1) is 16.7 Å². The Morgan fingerprint density at radius 2 is 1.57 bits per heavy atom. The van der Waals surface area contributed by atoms with Crippen LogP contribution < -0.4 is 14.8 Å². The summed E-state index contributed by atoms with van der Waals surface area (Å²) in [6, 6.07) is 11.6. The summed E-state index contributed by atoms with van der Waals surface area (Å²) in [4.78, 5) is 0. The molecular formula is C23H31Cl2NO2. The predicted octanol–water partition coefficient (Wildman–Crippen LogP) is 7.03. The fourth-order valence-corrected chi connectivity index (χ4v) is 3.25. The highest BCUT2D eigenvalue weighted by atomic mass is 35.5. The number of hydrogen-bond donors (Lipinski definition) is 1. The van der Waals surface area contributed by atoms with E-state index in [1.54, 1.807) is 6.07 Å². The van der Waals surface area contributed by atoms with E-state index >= 15 is 0 Å². The maximum Gasteiger partial charge on any atom is 0.161 e. The molecule has 2 aromatic rings. The molecular weight excluding hydrogens is 393 g/mol. The van der Waals surface area contributed by atoms with Crippen LogP contribution in [0.2, 0.25) is 10.0 Å². The van der Waals surface area contributed by atoms with E-state index in [1.807, 2.05) is 25.1 Å². The van der Waals surface area contributed by atoms with Crippen molar-refractivity contribution in [2.75, 3.05) is 13.2 Å². The molecule has 0 saturated carbocycles. The molecule has 2 rings (SSSR count). The number of benzene rings is 2. The Balaban J connectivity index is 1.87. The number of hydrogen-bond acceptors (Lipinski definition) is 3. The van der Waals surface area contributed by atoms with Crippen molar-refractivity contribution in [3.63, 3.8) is 0 Å². The fraction of sp³-hybridized carbons (Fsp3) is 0.478. The second-order valence-electron chi connectivity index (χ2n) is 6.84. The summed E-state index contributed by atoms with van der Waals surface area (Å²) in [7, 11) is 0. The number of nitrogens with one attached hydrogen (secondary N) is 1. The van der Waals surface area contributed by atoms with E-state index in [-0.39, 0.29) is 0 Å². The first-order chi connectivity index (χ1) is 13.6. The lowest BCUT2D eigenvalue weighted by Crippen LogP contribution is -2.14. The van der Waals surface area contributed by atoms with Gasteiger partial charge in [-0.3, -0.25) is 0 Å². The molecule has 0 atom stereocenters. The molecule has 0 radical (unpaired) electrons. The topological polar surface area (TPSA) is 30.5 Å². The second kappa shape index (κ2) is 12.9. The third-order valence-corrected chi connectivity index (χ3v) is 5.21. The number of ether oxygens (including phenoxy) is 2.